The Morgan fingerprint density at radius 3 is 3.00 bits per heavy atom. The molecule has 0 spiro atoms. The summed E-state index contributed by atoms with van der Waals surface area (Å²) in [6, 6.07) is 3.00. The van der Waals surface area contributed by atoms with Crippen molar-refractivity contribution in [2.45, 2.75) is 12.5 Å². The zero-order chi connectivity index (χ0) is 11.7. The summed E-state index contributed by atoms with van der Waals surface area (Å²) < 4.78 is 14.8. The van der Waals surface area contributed by atoms with Gasteiger partial charge in [0.2, 0.25) is 0 Å². The van der Waals surface area contributed by atoms with Gasteiger partial charge in [0.15, 0.2) is 0 Å². The molecule has 0 amide bonds. The van der Waals surface area contributed by atoms with Crippen molar-refractivity contribution in [2.24, 2.45) is 12.8 Å². The SMILES string of the molecule is Cn1c(C(N)CCO)cc2ncc(F)cc21. The first-order valence-corrected chi connectivity index (χ1v) is 5.11. The second-order valence-corrected chi connectivity index (χ2v) is 3.80. The number of rotatable bonds is 3. The average molecular weight is 223 g/mol. The number of hydrogen-bond donors (Lipinski definition) is 2. The predicted molar refractivity (Wildman–Crippen MR) is 59.3 cm³/mol. The molecule has 2 rings (SSSR count). The van der Waals surface area contributed by atoms with E-state index in [1.807, 2.05) is 17.7 Å². The molecule has 3 N–H and O–H groups in total. The Balaban J connectivity index is 2.51. The summed E-state index contributed by atoms with van der Waals surface area (Å²) in [5.41, 5.74) is 8.18. The normalized spacial score (nSPS) is 13.2. The topological polar surface area (TPSA) is 64.1 Å². The molecule has 0 aliphatic carbocycles. The van der Waals surface area contributed by atoms with Crippen molar-refractivity contribution < 1.29 is 9.50 Å². The number of halogens is 1. The maximum absolute atomic E-state index is 13.0. The molecule has 0 fully saturated rings. The maximum Gasteiger partial charge on any atom is 0.143 e. The molecule has 0 radical (unpaired) electrons. The zero-order valence-corrected chi connectivity index (χ0v) is 9.02. The van der Waals surface area contributed by atoms with Crippen LogP contribution in [0.25, 0.3) is 11.0 Å². The average Bonchev–Trinajstić information content (AvgIpc) is 2.57. The third-order valence-electron chi connectivity index (χ3n) is 2.72. The Morgan fingerprint density at radius 1 is 1.56 bits per heavy atom. The van der Waals surface area contributed by atoms with Gasteiger partial charge in [0.05, 0.1) is 17.2 Å². The van der Waals surface area contributed by atoms with Gasteiger partial charge in [-0.1, -0.05) is 0 Å². The van der Waals surface area contributed by atoms with Crippen molar-refractivity contribution in [2.75, 3.05) is 6.61 Å². The molecule has 16 heavy (non-hydrogen) atoms. The van der Waals surface area contributed by atoms with Gasteiger partial charge in [-0.2, -0.15) is 0 Å². The molecular formula is C11H14FN3O. The van der Waals surface area contributed by atoms with Crippen molar-refractivity contribution in [1.82, 2.24) is 9.55 Å². The van der Waals surface area contributed by atoms with Crippen LogP contribution in [0.5, 0.6) is 0 Å². The molecular weight excluding hydrogens is 209 g/mol. The molecule has 0 aliphatic heterocycles. The lowest BCUT2D eigenvalue weighted by Crippen LogP contribution is -2.15. The highest BCUT2D eigenvalue weighted by atomic mass is 19.1. The van der Waals surface area contributed by atoms with E-state index in [1.54, 1.807) is 0 Å². The minimum Gasteiger partial charge on any atom is -0.396 e. The molecule has 2 heterocycles. The quantitative estimate of drug-likeness (QED) is 0.818. The summed E-state index contributed by atoms with van der Waals surface area (Å²) in [5, 5.41) is 8.84. The van der Waals surface area contributed by atoms with E-state index >= 15 is 0 Å². The van der Waals surface area contributed by atoms with Crippen molar-refractivity contribution >= 4 is 11.0 Å². The van der Waals surface area contributed by atoms with E-state index in [0.717, 1.165) is 5.69 Å². The lowest BCUT2D eigenvalue weighted by Gasteiger charge is -2.11. The first kappa shape index (κ1) is 11.0. The van der Waals surface area contributed by atoms with Crippen molar-refractivity contribution in [3.63, 3.8) is 0 Å². The van der Waals surface area contributed by atoms with Crippen LogP contribution in [0.3, 0.4) is 0 Å². The number of pyridine rings is 1. The van der Waals surface area contributed by atoms with Crippen molar-refractivity contribution in [3.05, 3.63) is 29.8 Å². The molecule has 4 nitrogen and oxygen atoms in total. The van der Waals surface area contributed by atoms with Crippen molar-refractivity contribution in [1.29, 1.82) is 0 Å². The van der Waals surface area contributed by atoms with Gasteiger partial charge in [0, 0.05) is 31.5 Å². The number of nitrogens with zero attached hydrogens (tertiary/aromatic N) is 2. The van der Waals surface area contributed by atoms with Crippen LogP contribution in [0.15, 0.2) is 18.3 Å². The zero-order valence-electron chi connectivity index (χ0n) is 9.02. The van der Waals surface area contributed by atoms with E-state index in [-0.39, 0.29) is 18.5 Å². The van der Waals surface area contributed by atoms with Crippen LogP contribution in [0.4, 0.5) is 4.39 Å². The van der Waals surface area contributed by atoms with Gasteiger partial charge in [0.1, 0.15) is 5.82 Å². The monoisotopic (exact) mass is 223 g/mol. The number of fused-ring (bicyclic) bond motifs is 1. The predicted octanol–water partition coefficient (Wildman–Crippen LogP) is 1.09. The van der Waals surface area contributed by atoms with Crippen LogP contribution in [0, 0.1) is 5.82 Å². The van der Waals surface area contributed by atoms with Gasteiger partial charge < -0.3 is 15.4 Å². The molecule has 1 unspecified atom stereocenters. The van der Waals surface area contributed by atoms with E-state index in [2.05, 4.69) is 4.98 Å². The summed E-state index contributed by atoms with van der Waals surface area (Å²) in [5.74, 6) is -0.365. The van der Waals surface area contributed by atoms with E-state index in [9.17, 15) is 4.39 Å². The summed E-state index contributed by atoms with van der Waals surface area (Å²) in [6.45, 7) is 0.0322. The highest BCUT2D eigenvalue weighted by Gasteiger charge is 2.13. The number of aromatic nitrogens is 2. The molecule has 86 valence electrons. The molecule has 2 aromatic rings. The van der Waals surface area contributed by atoms with Gasteiger partial charge in [-0.3, -0.25) is 4.98 Å². The van der Waals surface area contributed by atoms with E-state index in [1.165, 1.54) is 12.3 Å². The van der Waals surface area contributed by atoms with E-state index < -0.39 is 0 Å². The van der Waals surface area contributed by atoms with Crippen LogP contribution >= 0.6 is 0 Å². The van der Waals surface area contributed by atoms with Gasteiger partial charge >= 0.3 is 0 Å². The molecule has 0 saturated heterocycles. The molecule has 1 atom stereocenters. The minimum absolute atomic E-state index is 0.0322. The van der Waals surface area contributed by atoms with Gasteiger partial charge in [-0.15, -0.1) is 0 Å². The second kappa shape index (κ2) is 4.19. The first-order valence-electron chi connectivity index (χ1n) is 5.11. The van der Waals surface area contributed by atoms with Gasteiger partial charge in [0.25, 0.3) is 0 Å². The van der Waals surface area contributed by atoms with Gasteiger partial charge in [-0.05, 0) is 12.5 Å². The summed E-state index contributed by atoms with van der Waals surface area (Å²) in [6.07, 6.45) is 1.66. The Kier molecular flexibility index (Phi) is 2.89. The summed E-state index contributed by atoms with van der Waals surface area (Å²) in [7, 11) is 1.82. The Hall–Kier alpha value is -1.46. The molecule has 5 heteroatoms. The van der Waals surface area contributed by atoms with Crippen molar-refractivity contribution in [3.8, 4) is 0 Å². The largest absolute Gasteiger partial charge is 0.396 e. The van der Waals surface area contributed by atoms with E-state index in [0.29, 0.717) is 17.5 Å². The number of hydrogen-bond acceptors (Lipinski definition) is 3. The highest BCUT2D eigenvalue weighted by molar-refractivity contribution is 5.77. The summed E-state index contributed by atoms with van der Waals surface area (Å²) >= 11 is 0. The number of aryl methyl sites for hydroxylation is 1. The fraction of sp³-hybridized carbons (Fsp3) is 0.364. The third-order valence-corrected chi connectivity index (χ3v) is 2.72. The Labute approximate surface area is 92.5 Å². The smallest absolute Gasteiger partial charge is 0.143 e. The molecule has 0 aliphatic rings. The standard InChI is InChI=1S/C11H14FN3O/c1-15-10(8(13)2-3-16)5-9-11(15)4-7(12)6-14-9/h4-6,8,16H,2-3,13H2,1H3. The maximum atomic E-state index is 13.0. The third kappa shape index (κ3) is 1.79. The Morgan fingerprint density at radius 2 is 2.31 bits per heavy atom. The van der Waals surface area contributed by atoms with Crippen LogP contribution in [0.1, 0.15) is 18.2 Å². The fourth-order valence-electron chi connectivity index (χ4n) is 1.84. The lowest BCUT2D eigenvalue weighted by molar-refractivity contribution is 0.275. The first-order chi connectivity index (χ1) is 7.63. The van der Waals surface area contributed by atoms with Crippen LogP contribution < -0.4 is 5.73 Å². The number of aliphatic hydroxyl groups is 1. The lowest BCUT2D eigenvalue weighted by atomic mass is 10.1. The Bertz CT molecular complexity index is 509. The minimum atomic E-state index is -0.365. The van der Waals surface area contributed by atoms with Crippen LogP contribution in [-0.2, 0) is 7.05 Å². The van der Waals surface area contributed by atoms with E-state index in [4.69, 9.17) is 10.8 Å². The summed E-state index contributed by atoms with van der Waals surface area (Å²) in [4.78, 5) is 3.99. The highest BCUT2D eigenvalue weighted by Crippen LogP contribution is 2.22. The number of aliphatic hydroxyl groups excluding tert-OH is 1. The fourth-order valence-corrected chi connectivity index (χ4v) is 1.84. The molecule has 0 bridgehead atoms. The van der Waals surface area contributed by atoms with Crippen LogP contribution in [0.2, 0.25) is 0 Å². The molecule has 0 aromatic carbocycles. The molecule has 2 aromatic heterocycles. The van der Waals surface area contributed by atoms with Crippen LogP contribution in [-0.4, -0.2) is 21.3 Å². The second-order valence-electron chi connectivity index (χ2n) is 3.80. The van der Waals surface area contributed by atoms with Gasteiger partial charge in [-0.25, -0.2) is 4.39 Å². The molecule has 0 saturated carbocycles. The number of nitrogens with two attached hydrogens (primary N) is 1.